The molecule has 122 valence electrons. The van der Waals surface area contributed by atoms with Gasteiger partial charge < -0.3 is 5.32 Å². The van der Waals surface area contributed by atoms with Gasteiger partial charge in [-0.15, -0.1) is 5.10 Å². The second-order valence-corrected chi connectivity index (χ2v) is 6.51. The molecule has 0 saturated heterocycles. The summed E-state index contributed by atoms with van der Waals surface area (Å²) in [6, 6.07) is 5.72. The number of carbonyl (C=O) groups excluding carboxylic acids is 1. The Balaban J connectivity index is 1.62. The molecule has 0 aliphatic heterocycles. The molecule has 0 bridgehead atoms. The number of carbonyl (C=O) groups is 1. The lowest BCUT2D eigenvalue weighted by atomic mass is 9.93. The Bertz CT molecular complexity index is 872. The number of pyridine rings is 1. The maximum atomic E-state index is 12.5. The fourth-order valence-corrected chi connectivity index (χ4v) is 3.61. The quantitative estimate of drug-likeness (QED) is 0.790. The molecule has 7 nitrogen and oxygen atoms in total. The first-order valence-electron chi connectivity index (χ1n) is 7.82. The summed E-state index contributed by atoms with van der Waals surface area (Å²) in [6.07, 6.45) is 6.42. The van der Waals surface area contributed by atoms with Crippen molar-refractivity contribution in [1.82, 2.24) is 29.7 Å². The number of rotatable bonds is 3. The molecule has 24 heavy (non-hydrogen) atoms. The van der Waals surface area contributed by atoms with Crippen LogP contribution in [0.5, 0.6) is 0 Å². The average Bonchev–Trinajstić information content (AvgIpc) is 3.22. The summed E-state index contributed by atoms with van der Waals surface area (Å²) < 4.78 is 5.70. The molecular formula is C16H16N6OS. The molecule has 0 radical (unpaired) electrons. The summed E-state index contributed by atoms with van der Waals surface area (Å²) in [7, 11) is 0. The van der Waals surface area contributed by atoms with Crippen LogP contribution < -0.4 is 5.32 Å². The predicted octanol–water partition coefficient (Wildman–Crippen LogP) is 2.23. The molecule has 1 N–H and O–H groups in total. The molecule has 4 rings (SSSR count). The first-order chi connectivity index (χ1) is 11.7. The van der Waals surface area contributed by atoms with E-state index in [-0.39, 0.29) is 11.9 Å². The van der Waals surface area contributed by atoms with E-state index in [1.54, 1.807) is 13.1 Å². The summed E-state index contributed by atoms with van der Waals surface area (Å²) in [5.41, 5.74) is 2.84. The first kappa shape index (κ1) is 14.9. The molecule has 0 spiro atoms. The Kier molecular flexibility index (Phi) is 3.81. The van der Waals surface area contributed by atoms with Crippen LogP contribution >= 0.6 is 11.5 Å². The number of amides is 1. The van der Waals surface area contributed by atoms with Crippen LogP contribution in [-0.2, 0) is 6.42 Å². The second kappa shape index (κ2) is 6.12. The molecule has 1 amide bonds. The van der Waals surface area contributed by atoms with Gasteiger partial charge in [0.15, 0.2) is 5.82 Å². The first-order valence-corrected chi connectivity index (χ1v) is 8.59. The molecule has 3 aromatic heterocycles. The standard InChI is InChI=1S/C16H16N6OS/c1-10-15(24-21-20-10)16(23)19-12-5-4-6-13-11(12)9-18-22(13)14-7-2-3-8-17-14/h2-3,7-9,12H,4-6H2,1H3,(H,19,23)/t12-/m0/s1. The van der Waals surface area contributed by atoms with Gasteiger partial charge in [-0.1, -0.05) is 10.6 Å². The van der Waals surface area contributed by atoms with Crippen LogP contribution in [0.25, 0.3) is 5.82 Å². The van der Waals surface area contributed by atoms with Crippen molar-refractivity contribution < 1.29 is 4.79 Å². The van der Waals surface area contributed by atoms with Gasteiger partial charge in [-0.05, 0) is 49.9 Å². The van der Waals surface area contributed by atoms with Crippen molar-refractivity contribution in [3.05, 3.63) is 52.4 Å². The van der Waals surface area contributed by atoms with Crippen LogP contribution in [0.2, 0.25) is 0 Å². The van der Waals surface area contributed by atoms with Crippen LogP contribution in [-0.4, -0.2) is 30.3 Å². The minimum Gasteiger partial charge on any atom is -0.344 e. The zero-order chi connectivity index (χ0) is 16.5. The van der Waals surface area contributed by atoms with E-state index in [0.29, 0.717) is 10.6 Å². The van der Waals surface area contributed by atoms with Gasteiger partial charge in [-0.2, -0.15) is 5.10 Å². The Morgan fingerprint density at radius 3 is 3.08 bits per heavy atom. The van der Waals surface area contributed by atoms with E-state index in [0.717, 1.165) is 47.9 Å². The summed E-state index contributed by atoms with van der Waals surface area (Å²) in [5.74, 6) is 0.680. The number of hydrogen-bond acceptors (Lipinski definition) is 6. The van der Waals surface area contributed by atoms with Crippen LogP contribution in [0.1, 0.15) is 45.5 Å². The maximum absolute atomic E-state index is 12.5. The van der Waals surface area contributed by atoms with Gasteiger partial charge in [0.05, 0.1) is 23.6 Å². The van der Waals surface area contributed by atoms with Crippen LogP contribution in [0.4, 0.5) is 0 Å². The van der Waals surface area contributed by atoms with Gasteiger partial charge >= 0.3 is 0 Å². The van der Waals surface area contributed by atoms with Crippen LogP contribution in [0.15, 0.2) is 30.6 Å². The van der Waals surface area contributed by atoms with Crippen molar-refractivity contribution in [2.45, 2.75) is 32.2 Å². The third kappa shape index (κ3) is 2.58. The van der Waals surface area contributed by atoms with Crippen molar-refractivity contribution in [3.63, 3.8) is 0 Å². The molecule has 0 saturated carbocycles. The Morgan fingerprint density at radius 2 is 2.33 bits per heavy atom. The molecule has 0 unspecified atom stereocenters. The van der Waals surface area contributed by atoms with E-state index in [4.69, 9.17) is 0 Å². The van der Waals surface area contributed by atoms with Crippen molar-refractivity contribution >= 4 is 17.4 Å². The molecule has 3 heterocycles. The fourth-order valence-electron chi connectivity index (χ4n) is 3.05. The molecule has 1 aliphatic carbocycles. The summed E-state index contributed by atoms with van der Waals surface area (Å²) in [5, 5.41) is 11.5. The molecule has 0 aromatic carbocycles. The SMILES string of the molecule is Cc1nnsc1C(=O)N[C@H]1CCCc2c1cnn2-c1ccccn1. The van der Waals surface area contributed by atoms with Crippen molar-refractivity contribution in [3.8, 4) is 5.82 Å². The van der Waals surface area contributed by atoms with E-state index in [2.05, 4.69) is 25.0 Å². The van der Waals surface area contributed by atoms with E-state index < -0.39 is 0 Å². The average molecular weight is 340 g/mol. The highest BCUT2D eigenvalue weighted by Crippen LogP contribution is 2.31. The maximum Gasteiger partial charge on any atom is 0.265 e. The Morgan fingerprint density at radius 1 is 1.42 bits per heavy atom. The van der Waals surface area contributed by atoms with Gasteiger partial charge in [0.2, 0.25) is 0 Å². The van der Waals surface area contributed by atoms with E-state index >= 15 is 0 Å². The minimum atomic E-state index is -0.120. The Hall–Kier alpha value is -2.61. The summed E-state index contributed by atoms with van der Waals surface area (Å²) >= 11 is 1.13. The zero-order valence-corrected chi connectivity index (χ0v) is 14.0. The molecule has 3 aromatic rings. The number of aromatic nitrogens is 5. The molecule has 0 fully saturated rings. The highest BCUT2D eigenvalue weighted by molar-refractivity contribution is 7.08. The topological polar surface area (TPSA) is 85.6 Å². The number of aryl methyl sites for hydroxylation is 1. The van der Waals surface area contributed by atoms with Crippen molar-refractivity contribution in [2.24, 2.45) is 0 Å². The van der Waals surface area contributed by atoms with Gasteiger partial charge in [0, 0.05) is 11.8 Å². The number of fused-ring (bicyclic) bond motifs is 1. The smallest absolute Gasteiger partial charge is 0.265 e. The van der Waals surface area contributed by atoms with Gasteiger partial charge in [0.1, 0.15) is 4.88 Å². The zero-order valence-electron chi connectivity index (χ0n) is 13.1. The predicted molar refractivity (Wildman–Crippen MR) is 89.2 cm³/mol. The molecule has 1 aliphatic rings. The Labute approximate surface area is 142 Å². The van der Waals surface area contributed by atoms with Crippen molar-refractivity contribution in [2.75, 3.05) is 0 Å². The van der Waals surface area contributed by atoms with E-state index in [1.807, 2.05) is 29.1 Å². The number of nitrogens with zero attached hydrogens (tertiary/aromatic N) is 5. The lowest BCUT2D eigenvalue weighted by Gasteiger charge is -2.23. The fraction of sp³-hybridized carbons (Fsp3) is 0.312. The summed E-state index contributed by atoms with van der Waals surface area (Å²) in [6.45, 7) is 1.80. The third-order valence-electron chi connectivity index (χ3n) is 4.21. The van der Waals surface area contributed by atoms with Gasteiger partial charge in [-0.3, -0.25) is 4.79 Å². The monoisotopic (exact) mass is 340 g/mol. The highest BCUT2D eigenvalue weighted by Gasteiger charge is 2.27. The van der Waals surface area contributed by atoms with Crippen LogP contribution in [0.3, 0.4) is 0 Å². The van der Waals surface area contributed by atoms with E-state index in [1.165, 1.54) is 0 Å². The molecule has 8 heteroatoms. The molecular weight excluding hydrogens is 324 g/mol. The normalized spacial score (nSPS) is 16.6. The number of hydrogen-bond donors (Lipinski definition) is 1. The highest BCUT2D eigenvalue weighted by atomic mass is 32.1. The molecule has 1 atom stereocenters. The van der Waals surface area contributed by atoms with Crippen molar-refractivity contribution in [1.29, 1.82) is 0 Å². The lowest BCUT2D eigenvalue weighted by Crippen LogP contribution is -2.30. The van der Waals surface area contributed by atoms with E-state index in [9.17, 15) is 4.79 Å². The lowest BCUT2D eigenvalue weighted by molar-refractivity contribution is 0.0936. The van der Waals surface area contributed by atoms with Gasteiger partial charge in [0.25, 0.3) is 5.91 Å². The minimum absolute atomic E-state index is 0.0415. The van der Waals surface area contributed by atoms with Gasteiger partial charge in [-0.25, -0.2) is 9.67 Å². The van der Waals surface area contributed by atoms with Crippen LogP contribution in [0, 0.1) is 6.92 Å². The second-order valence-electron chi connectivity index (χ2n) is 5.75. The third-order valence-corrected chi connectivity index (χ3v) is 5.04. The number of nitrogens with one attached hydrogen (secondary N) is 1. The largest absolute Gasteiger partial charge is 0.344 e. The summed E-state index contributed by atoms with van der Waals surface area (Å²) in [4.78, 5) is 17.4.